The largest absolute Gasteiger partial charge is 0.490 e. The zero-order valence-corrected chi connectivity index (χ0v) is 17.0. The number of amides is 1. The van der Waals surface area contributed by atoms with E-state index in [1.165, 1.54) is 11.0 Å². The zero-order chi connectivity index (χ0) is 21.2. The smallest absolute Gasteiger partial charge is 0.263 e. The molecule has 0 fully saturated rings. The summed E-state index contributed by atoms with van der Waals surface area (Å²) >= 11 is 0. The van der Waals surface area contributed by atoms with E-state index in [2.05, 4.69) is 25.9 Å². The Morgan fingerprint density at radius 2 is 1.97 bits per heavy atom. The number of carbonyl (C=O) groups excluding carboxylic acids is 1. The van der Waals surface area contributed by atoms with Crippen molar-refractivity contribution < 1.29 is 14.3 Å². The molecule has 9 heteroatoms. The molecule has 1 amide bonds. The molecule has 3 rings (SSSR count). The van der Waals surface area contributed by atoms with Crippen LogP contribution < -0.4 is 14.9 Å². The van der Waals surface area contributed by atoms with Gasteiger partial charge in [-0.25, -0.2) is 5.43 Å². The first-order valence-electron chi connectivity index (χ1n) is 9.74. The average Bonchev–Trinajstić information content (AvgIpc) is 3.22. The lowest BCUT2D eigenvalue weighted by atomic mass is 10.2. The topological polar surface area (TPSA) is 104 Å². The second kappa shape index (κ2) is 10.7. The molecule has 30 heavy (non-hydrogen) atoms. The molecule has 0 bridgehead atoms. The van der Waals surface area contributed by atoms with Crippen molar-refractivity contribution in [1.29, 1.82) is 0 Å². The lowest BCUT2D eigenvalue weighted by Gasteiger charge is -2.11. The van der Waals surface area contributed by atoms with Crippen LogP contribution in [0.4, 0.5) is 0 Å². The highest BCUT2D eigenvalue weighted by Crippen LogP contribution is 2.28. The number of carbonyl (C=O) groups is 1. The van der Waals surface area contributed by atoms with Crippen molar-refractivity contribution in [1.82, 2.24) is 25.6 Å². The highest BCUT2D eigenvalue weighted by molar-refractivity contribution is 5.83. The predicted molar refractivity (Wildman–Crippen MR) is 112 cm³/mol. The molecule has 0 saturated carbocycles. The second-order valence-electron chi connectivity index (χ2n) is 6.29. The standard InChI is InChI=1S/C21H24N6O3/c1-3-12-30-18-11-10-16(13-19(18)29-4-2)14-22-23-20(28)15-27-25-21(24-26-27)17-8-6-5-7-9-17/h5-11,13-14H,3-4,12,15H2,1-2H3,(H,23,28)/b22-14-. The third-order valence-corrected chi connectivity index (χ3v) is 3.90. The van der Waals surface area contributed by atoms with E-state index in [-0.39, 0.29) is 12.5 Å². The van der Waals surface area contributed by atoms with Crippen LogP contribution in [0.1, 0.15) is 25.8 Å². The van der Waals surface area contributed by atoms with Crippen molar-refractivity contribution in [2.75, 3.05) is 13.2 Å². The van der Waals surface area contributed by atoms with Crippen LogP contribution >= 0.6 is 0 Å². The average molecular weight is 408 g/mol. The fraction of sp³-hybridized carbons (Fsp3) is 0.286. The molecule has 1 N–H and O–H groups in total. The van der Waals surface area contributed by atoms with Gasteiger partial charge in [-0.1, -0.05) is 37.3 Å². The molecule has 0 spiro atoms. The summed E-state index contributed by atoms with van der Waals surface area (Å²) in [7, 11) is 0. The van der Waals surface area contributed by atoms with Gasteiger partial charge >= 0.3 is 0 Å². The molecule has 1 heterocycles. The quantitative estimate of drug-likeness (QED) is 0.409. The monoisotopic (exact) mass is 408 g/mol. The molecule has 9 nitrogen and oxygen atoms in total. The fourth-order valence-electron chi connectivity index (χ4n) is 2.56. The minimum atomic E-state index is -0.365. The lowest BCUT2D eigenvalue weighted by Crippen LogP contribution is -2.24. The van der Waals surface area contributed by atoms with E-state index in [1.54, 1.807) is 0 Å². The zero-order valence-electron chi connectivity index (χ0n) is 17.0. The number of hydrazone groups is 1. The van der Waals surface area contributed by atoms with Crippen LogP contribution in [0.5, 0.6) is 11.5 Å². The van der Waals surface area contributed by atoms with Gasteiger partial charge < -0.3 is 9.47 Å². The number of aromatic nitrogens is 4. The number of nitrogens with one attached hydrogen (secondary N) is 1. The summed E-state index contributed by atoms with van der Waals surface area (Å²) in [5.74, 6) is 1.42. The number of nitrogens with zero attached hydrogens (tertiary/aromatic N) is 5. The van der Waals surface area contributed by atoms with Gasteiger partial charge in [0.25, 0.3) is 5.91 Å². The molecule has 3 aromatic rings. The fourth-order valence-corrected chi connectivity index (χ4v) is 2.56. The Hall–Kier alpha value is -3.75. The van der Waals surface area contributed by atoms with Crippen molar-refractivity contribution in [2.24, 2.45) is 5.10 Å². The summed E-state index contributed by atoms with van der Waals surface area (Å²) < 4.78 is 11.3. The summed E-state index contributed by atoms with van der Waals surface area (Å²) in [5, 5.41) is 16.0. The number of benzene rings is 2. The Bertz CT molecular complexity index is 987. The van der Waals surface area contributed by atoms with E-state index in [4.69, 9.17) is 9.47 Å². The number of hydrogen-bond donors (Lipinski definition) is 1. The van der Waals surface area contributed by atoms with Crippen molar-refractivity contribution in [3.8, 4) is 22.9 Å². The highest BCUT2D eigenvalue weighted by Gasteiger charge is 2.09. The Morgan fingerprint density at radius 3 is 2.73 bits per heavy atom. The van der Waals surface area contributed by atoms with E-state index < -0.39 is 0 Å². The Balaban J connectivity index is 1.56. The maximum atomic E-state index is 12.1. The van der Waals surface area contributed by atoms with Crippen molar-refractivity contribution >= 4 is 12.1 Å². The van der Waals surface area contributed by atoms with Gasteiger partial charge in [0, 0.05) is 5.56 Å². The van der Waals surface area contributed by atoms with Crippen molar-refractivity contribution in [3.05, 3.63) is 54.1 Å². The number of hydrogen-bond acceptors (Lipinski definition) is 7. The predicted octanol–water partition coefficient (Wildman–Crippen LogP) is 2.68. The van der Waals surface area contributed by atoms with E-state index >= 15 is 0 Å². The van der Waals surface area contributed by atoms with Crippen LogP contribution in [0, 0.1) is 0 Å². The van der Waals surface area contributed by atoms with Crippen LogP contribution in [-0.2, 0) is 11.3 Å². The van der Waals surface area contributed by atoms with E-state index in [0.717, 1.165) is 17.5 Å². The first-order chi connectivity index (χ1) is 14.7. The van der Waals surface area contributed by atoms with Gasteiger partial charge in [-0.3, -0.25) is 4.79 Å². The first-order valence-corrected chi connectivity index (χ1v) is 9.74. The third kappa shape index (κ3) is 5.87. The maximum Gasteiger partial charge on any atom is 0.263 e. The van der Waals surface area contributed by atoms with Crippen molar-refractivity contribution in [3.63, 3.8) is 0 Å². The molecule has 0 aliphatic carbocycles. The minimum absolute atomic E-state index is 0.0921. The van der Waals surface area contributed by atoms with Gasteiger partial charge in [0.05, 0.1) is 19.4 Å². The van der Waals surface area contributed by atoms with Crippen LogP contribution in [-0.4, -0.2) is 45.5 Å². The molecule has 0 saturated heterocycles. The van der Waals surface area contributed by atoms with Gasteiger partial charge in [-0.15, -0.1) is 10.2 Å². The number of rotatable bonds is 10. The molecular weight excluding hydrogens is 384 g/mol. The SMILES string of the molecule is CCCOc1ccc(/C=N\NC(=O)Cn2nnc(-c3ccccc3)n2)cc1OCC. The van der Waals surface area contributed by atoms with Crippen LogP contribution in [0.2, 0.25) is 0 Å². The molecule has 0 aliphatic rings. The van der Waals surface area contributed by atoms with Gasteiger partial charge in [-0.2, -0.15) is 9.90 Å². The van der Waals surface area contributed by atoms with Crippen LogP contribution in [0.3, 0.4) is 0 Å². The number of ether oxygens (including phenoxy) is 2. The molecule has 1 aromatic heterocycles. The van der Waals surface area contributed by atoms with Gasteiger partial charge in [0.2, 0.25) is 5.82 Å². The van der Waals surface area contributed by atoms with E-state index in [0.29, 0.717) is 30.5 Å². The van der Waals surface area contributed by atoms with Gasteiger partial charge in [-0.05, 0) is 42.3 Å². The van der Waals surface area contributed by atoms with Gasteiger partial charge in [0.1, 0.15) is 6.54 Å². The highest BCUT2D eigenvalue weighted by atomic mass is 16.5. The summed E-state index contributed by atoms with van der Waals surface area (Å²) in [6.45, 7) is 5.00. The molecular formula is C21H24N6O3. The Labute approximate surface area is 174 Å². The Kier molecular flexibility index (Phi) is 7.48. The minimum Gasteiger partial charge on any atom is -0.490 e. The second-order valence-corrected chi connectivity index (χ2v) is 6.29. The molecule has 0 radical (unpaired) electrons. The lowest BCUT2D eigenvalue weighted by molar-refractivity contribution is -0.122. The third-order valence-electron chi connectivity index (χ3n) is 3.90. The van der Waals surface area contributed by atoms with Crippen molar-refractivity contribution in [2.45, 2.75) is 26.8 Å². The van der Waals surface area contributed by atoms with Crippen LogP contribution in [0.15, 0.2) is 53.6 Å². The van der Waals surface area contributed by atoms with Gasteiger partial charge in [0.15, 0.2) is 11.5 Å². The summed E-state index contributed by atoms with van der Waals surface area (Å²) in [6, 6.07) is 14.9. The van der Waals surface area contributed by atoms with E-state index in [9.17, 15) is 4.79 Å². The normalized spacial score (nSPS) is 10.9. The van der Waals surface area contributed by atoms with E-state index in [1.807, 2.05) is 62.4 Å². The first kappa shape index (κ1) is 21.0. The molecule has 2 aromatic carbocycles. The number of tetrazole rings is 1. The molecule has 0 aliphatic heterocycles. The molecule has 0 unspecified atom stereocenters. The molecule has 0 atom stereocenters. The summed E-state index contributed by atoms with van der Waals surface area (Å²) in [4.78, 5) is 13.3. The van der Waals surface area contributed by atoms with Crippen LogP contribution in [0.25, 0.3) is 11.4 Å². The summed E-state index contributed by atoms with van der Waals surface area (Å²) in [6.07, 6.45) is 2.45. The summed E-state index contributed by atoms with van der Waals surface area (Å²) in [5.41, 5.74) is 4.06. The Morgan fingerprint density at radius 1 is 1.13 bits per heavy atom. The molecule has 156 valence electrons. The maximum absolute atomic E-state index is 12.1.